The number of nitrogens with zero attached hydrogens (tertiary/aromatic N) is 4. The summed E-state index contributed by atoms with van der Waals surface area (Å²) in [6.45, 7) is 0.606. The third kappa shape index (κ3) is 5.35. The van der Waals surface area contributed by atoms with E-state index in [9.17, 15) is 22.8 Å². The van der Waals surface area contributed by atoms with Crippen LogP contribution in [0, 0.1) is 0 Å². The quantitative estimate of drug-likeness (QED) is 0.162. The van der Waals surface area contributed by atoms with Gasteiger partial charge in [0.25, 0.3) is 5.91 Å². The molecule has 264 valence electrons. The molecule has 1 fully saturated rings. The zero-order valence-electron chi connectivity index (χ0n) is 27.8. The lowest BCUT2D eigenvalue weighted by molar-refractivity contribution is -0.137. The van der Waals surface area contributed by atoms with Crippen LogP contribution in [0.25, 0.3) is 31.9 Å². The first-order valence-electron chi connectivity index (χ1n) is 17.1. The number of methoxy groups -OCH3 is 1. The van der Waals surface area contributed by atoms with Crippen molar-refractivity contribution in [3.63, 3.8) is 0 Å². The smallest absolute Gasteiger partial charge is 0.439 e. The first kappa shape index (κ1) is 32.4. The predicted octanol–water partition coefficient (Wildman–Crippen LogP) is 7.90. The molecule has 6 heterocycles. The molecule has 1 aliphatic carbocycles. The highest BCUT2D eigenvalue weighted by Crippen LogP contribution is 2.50. The van der Waals surface area contributed by atoms with Crippen LogP contribution in [-0.4, -0.2) is 44.6 Å². The normalized spacial score (nSPS) is 17.8. The highest BCUT2D eigenvalue weighted by molar-refractivity contribution is 7.23. The lowest BCUT2D eigenvalue weighted by Crippen LogP contribution is -2.22. The van der Waals surface area contributed by atoms with Gasteiger partial charge in [0, 0.05) is 23.2 Å². The van der Waals surface area contributed by atoms with Crippen molar-refractivity contribution >= 4 is 33.1 Å². The zero-order valence-corrected chi connectivity index (χ0v) is 28.7. The highest BCUT2D eigenvalue weighted by atomic mass is 32.1. The van der Waals surface area contributed by atoms with E-state index in [0.29, 0.717) is 58.8 Å². The molecule has 1 saturated heterocycles. The number of thiophene rings is 1. The average molecular weight is 725 g/mol. The Kier molecular flexibility index (Phi) is 7.68. The zero-order chi connectivity index (χ0) is 35.7. The van der Waals surface area contributed by atoms with Crippen LogP contribution in [0.1, 0.15) is 75.3 Å². The van der Waals surface area contributed by atoms with Crippen molar-refractivity contribution in [2.24, 2.45) is 0 Å². The van der Waals surface area contributed by atoms with Gasteiger partial charge in [0.15, 0.2) is 5.82 Å². The average Bonchev–Trinajstić information content (AvgIpc) is 3.98. The fourth-order valence-electron chi connectivity index (χ4n) is 8.01. The topological polar surface area (TPSA) is 126 Å². The molecule has 14 heteroatoms. The standard InChI is InChI=1S/C38H31F3N6O4S/c1-50-27-6-2-4-22-23(27)12-14-24(22)44-35-33-20(15-16-42-35)18-28(52-33)30-29(34-45-37(49)51-46-34)25(13-9-19-7-10-21(11-8-19)38(39,40)41)43-32-26-5-3-17-47(26)36(48)31(30)32/h2,4,6-8,10-11,15-16,18,24,26H,3,5,9,12-14,17H2,1H3,(H,42,44)(H,45,46,49)/t24-,26-/m1/s1. The molecule has 9 rings (SSSR count). The summed E-state index contributed by atoms with van der Waals surface area (Å²) in [6.07, 6.45) is 1.35. The van der Waals surface area contributed by atoms with Crippen LogP contribution in [0.5, 0.6) is 5.75 Å². The van der Waals surface area contributed by atoms with Gasteiger partial charge >= 0.3 is 11.9 Å². The SMILES string of the molecule is COc1cccc2c1CC[C@H]2Nc1nccc2cc(-c3c4c(nc(CCc5ccc(C(F)(F)F)cc5)c3-c3noc(=O)[nH]3)[C@H]3CCCN3C4=O)sc12. The first-order chi connectivity index (χ1) is 25.2. The molecule has 4 aromatic heterocycles. The van der Waals surface area contributed by atoms with Gasteiger partial charge in [0.2, 0.25) is 0 Å². The summed E-state index contributed by atoms with van der Waals surface area (Å²) in [5.74, 6) is 0.819. The molecular weight excluding hydrogens is 694 g/mol. The molecule has 0 spiro atoms. The molecule has 2 N–H and O–H groups in total. The number of fused-ring (bicyclic) bond motifs is 5. The Morgan fingerprint density at radius 2 is 1.90 bits per heavy atom. The molecule has 3 aliphatic rings. The van der Waals surface area contributed by atoms with E-state index in [1.165, 1.54) is 34.6 Å². The van der Waals surface area contributed by atoms with E-state index in [0.717, 1.165) is 58.5 Å². The van der Waals surface area contributed by atoms with Gasteiger partial charge in [-0.15, -0.1) is 11.3 Å². The Morgan fingerprint density at radius 1 is 1.06 bits per heavy atom. The Morgan fingerprint density at radius 3 is 2.67 bits per heavy atom. The largest absolute Gasteiger partial charge is 0.496 e. The number of halogens is 3. The number of carbonyl (C=O) groups is 1. The Labute approximate surface area is 298 Å². The summed E-state index contributed by atoms with van der Waals surface area (Å²) < 4.78 is 51.3. The number of hydrogen-bond acceptors (Lipinski definition) is 9. The minimum Gasteiger partial charge on any atom is -0.496 e. The molecule has 1 amide bonds. The second-order valence-corrected chi connectivity index (χ2v) is 14.4. The van der Waals surface area contributed by atoms with E-state index >= 15 is 0 Å². The molecule has 0 saturated carbocycles. The van der Waals surface area contributed by atoms with Gasteiger partial charge < -0.3 is 15.0 Å². The summed E-state index contributed by atoms with van der Waals surface area (Å²) in [5.41, 5.74) is 5.06. The van der Waals surface area contributed by atoms with Crippen molar-refractivity contribution in [3.8, 4) is 27.6 Å². The summed E-state index contributed by atoms with van der Waals surface area (Å²) >= 11 is 1.48. The molecule has 52 heavy (non-hydrogen) atoms. The number of pyridine rings is 2. The molecule has 2 aromatic carbocycles. The number of aromatic nitrogens is 4. The van der Waals surface area contributed by atoms with Crippen LogP contribution in [0.2, 0.25) is 0 Å². The van der Waals surface area contributed by atoms with Gasteiger partial charge in [0.1, 0.15) is 11.6 Å². The number of alkyl halides is 3. The van der Waals surface area contributed by atoms with Crippen LogP contribution < -0.4 is 15.8 Å². The summed E-state index contributed by atoms with van der Waals surface area (Å²) in [7, 11) is 1.68. The number of hydrogen-bond donors (Lipinski definition) is 2. The Bertz CT molecular complexity index is 2440. The van der Waals surface area contributed by atoms with Crippen molar-refractivity contribution < 1.29 is 27.2 Å². The molecule has 0 unspecified atom stereocenters. The number of rotatable bonds is 8. The van der Waals surface area contributed by atoms with E-state index in [1.54, 1.807) is 13.3 Å². The van der Waals surface area contributed by atoms with Crippen molar-refractivity contribution in [2.45, 2.75) is 56.8 Å². The van der Waals surface area contributed by atoms with Crippen LogP contribution in [0.4, 0.5) is 19.0 Å². The maximum absolute atomic E-state index is 14.2. The minimum atomic E-state index is -4.44. The highest BCUT2D eigenvalue weighted by Gasteiger charge is 2.45. The van der Waals surface area contributed by atoms with Gasteiger partial charge in [-0.1, -0.05) is 29.4 Å². The summed E-state index contributed by atoms with van der Waals surface area (Å²) in [4.78, 5) is 41.7. The number of aryl methyl sites for hydroxylation is 2. The van der Waals surface area contributed by atoms with Crippen molar-refractivity contribution in [1.29, 1.82) is 0 Å². The predicted molar refractivity (Wildman–Crippen MR) is 189 cm³/mol. The van der Waals surface area contributed by atoms with E-state index in [-0.39, 0.29) is 23.8 Å². The Hall–Kier alpha value is -5.50. The van der Waals surface area contributed by atoms with E-state index in [2.05, 4.69) is 21.5 Å². The molecule has 10 nitrogen and oxygen atoms in total. The fraction of sp³-hybridized carbons (Fsp3) is 0.289. The third-order valence-electron chi connectivity index (χ3n) is 10.4. The van der Waals surface area contributed by atoms with Gasteiger partial charge in [-0.2, -0.15) is 13.2 Å². The molecule has 2 atom stereocenters. The number of H-pyrrole nitrogens is 1. The number of ether oxygens (including phenoxy) is 1. The minimum absolute atomic E-state index is 0.0280. The van der Waals surface area contributed by atoms with Crippen molar-refractivity contribution in [2.75, 3.05) is 19.0 Å². The number of aromatic amines is 1. The van der Waals surface area contributed by atoms with Crippen molar-refractivity contribution in [1.82, 2.24) is 25.0 Å². The number of amides is 1. The number of benzene rings is 2. The van der Waals surface area contributed by atoms with E-state index in [1.807, 2.05) is 29.2 Å². The second kappa shape index (κ2) is 12.3. The van der Waals surface area contributed by atoms with Crippen LogP contribution in [0.15, 0.2) is 70.1 Å². The van der Waals surface area contributed by atoms with Crippen molar-refractivity contribution in [3.05, 3.63) is 111 Å². The first-order valence-corrected chi connectivity index (χ1v) is 17.9. The maximum atomic E-state index is 14.2. The summed E-state index contributed by atoms with van der Waals surface area (Å²) in [6, 6.07) is 14.9. The maximum Gasteiger partial charge on any atom is 0.439 e. The Balaban J connectivity index is 1.18. The van der Waals surface area contributed by atoms with E-state index in [4.69, 9.17) is 19.2 Å². The molecule has 6 aromatic rings. The second-order valence-electron chi connectivity index (χ2n) is 13.3. The van der Waals surface area contributed by atoms with Gasteiger partial charge in [-0.25, -0.2) is 9.78 Å². The third-order valence-corrected chi connectivity index (χ3v) is 11.6. The lowest BCUT2D eigenvalue weighted by atomic mass is 9.92. The fourth-order valence-corrected chi connectivity index (χ4v) is 9.18. The molecule has 2 aliphatic heterocycles. The number of nitrogens with one attached hydrogen (secondary N) is 2. The molecule has 0 radical (unpaired) electrons. The lowest BCUT2D eigenvalue weighted by Gasteiger charge is -2.17. The number of anilines is 1. The molecule has 0 bridgehead atoms. The number of carbonyl (C=O) groups excluding carboxylic acids is 1. The molecular formula is C38H31F3N6O4S. The van der Waals surface area contributed by atoms with Crippen LogP contribution in [-0.2, 0) is 25.4 Å². The van der Waals surface area contributed by atoms with Gasteiger partial charge in [-0.05, 0) is 90.9 Å². The van der Waals surface area contributed by atoms with Gasteiger partial charge in [-0.3, -0.25) is 19.3 Å². The van der Waals surface area contributed by atoms with E-state index < -0.39 is 17.5 Å². The summed E-state index contributed by atoms with van der Waals surface area (Å²) in [5, 5.41) is 8.65. The monoisotopic (exact) mass is 724 g/mol. The van der Waals surface area contributed by atoms with Gasteiger partial charge in [0.05, 0.1) is 52.0 Å². The van der Waals surface area contributed by atoms with Crippen LogP contribution >= 0.6 is 11.3 Å². The van der Waals surface area contributed by atoms with Crippen LogP contribution in [0.3, 0.4) is 0 Å².